The lowest BCUT2D eigenvalue weighted by atomic mass is 10.1. The third kappa shape index (κ3) is 3.62. The molecule has 2 N–H and O–H groups in total. The highest BCUT2D eigenvalue weighted by atomic mass is 32.1. The van der Waals surface area contributed by atoms with Crippen LogP contribution in [0.25, 0.3) is 17.1 Å². The molecule has 2 aromatic carbocycles. The number of Topliss-reactive ketones (excluding diaryl/α,β-unsaturated/α-hetero) is 1. The van der Waals surface area contributed by atoms with Gasteiger partial charge < -0.3 is 20.1 Å². The fourth-order valence-corrected chi connectivity index (χ4v) is 3.77. The summed E-state index contributed by atoms with van der Waals surface area (Å²) < 4.78 is 6.33. The van der Waals surface area contributed by atoms with E-state index >= 15 is 0 Å². The minimum absolute atomic E-state index is 0.0486. The highest BCUT2D eigenvalue weighted by Gasteiger charge is 2.26. The van der Waals surface area contributed by atoms with Crippen molar-refractivity contribution in [2.75, 3.05) is 5.32 Å². The number of benzene rings is 2. The Morgan fingerprint density at radius 1 is 1.27 bits per heavy atom. The quantitative estimate of drug-likeness (QED) is 0.362. The average Bonchev–Trinajstić information content (AvgIpc) is 3.33. The number of aromatic hydroxyl groups is 1. The molecule has 0 aliphatic heterocycles. The molecule has 0 aliphatic carbocycles. The van der Waals surface area contributed by atoms with Gasteiger partial charge in [0.05, 0.1) is 10.8 Å². The molecule has 9 heteroatoms. The summed E-state index contributed by atoms with van der Waals surface area (Å²) in [6.07, 6.45) is 0. The molecule has 2 aromatic heterocycles. The Morgan fingerprint density at radius 2 is 2.07 bits per heavy atom. The molecule has 4 aromatic rings. The average molecular weight is 422 g/mol. The number of phenols is 1. The van der Waals surface area contributed by atoms with E-state index in [2.05, 4.69) is 15.6 Å². The molecule has 0 atom stereocenters. The summed E-state index contributed by atoms with van der Waals surface area (Å²) in [5.41, 5.74) is 3.17. The summed E-state index contributed by atoms with van der Waals surface area (Å²) in [5, 5.41) is 31.8. The second-order valence-electron chi connectivity index (χ2n) is 6.67. The van der Waals surface area contributed by atoms with Gasteiger partial charge in [0, 0.05) is 29.1 Å². The fourth-order valence-electron chi connectivity index (χ4n) is 3.08. The number of para-hydroxylation sites is 2. The summed E-state index contributed by atoms with van der Waals surface area (Å²) in [7, 11) is 0. The number of thiazole rings is 1. The first kappa shape index (κ1) is 19.6. The van der Waals surface area contributed by atoms with Crippen molar-refractivity contribution in [3.8, 4) is 28.8 Å². The molecule has 2 heterocycles. The van der Waals surface area contributed by atoms with Gasteiger partial charge in [-0.05, 0) is 24.6 Å². The van der Waals surface area contributed by atoms with Crippen LogP contribution in [-0.4, -0.2) is 21.1 Å². The predicted octanol–water partition coefficient (Wildman–Crippen LogP) is 2.98. The molecule has 0 aliphatic rings. The monoisotopic (exact) mass is 422 g/mol. The number of rotatable bonds is 6. The fraction of sp³-hybridized carbons (Fsp3) is 0.143. The van der Waals surface area contributed by atoms with E-state index in [0.29, 0.717) is 16.4 Å². The van der Waals surface area contributed by atoms with Gasteiger partial charge in [-0.15, -0.1) is 11.3 Å². The molecule has 152 valence electrons. The van der Waals surface area contributed by atoms with Crippen LogP contribution in [0.3, 0.4) is 0 Å². The van der Waals surface area contributed by atoms with Crippen molar-refractivity contribution in [1.29, 1.82) is 0 Å². The standard InChI is InChI=1S/C21H18N4O4S/c1-12-6-3-4-9-17(12)25-18(20(28)29-24-25)16-11-30-21(23-16)22-10-14-7-5-8-15(13(2)26)19(14)27/h3-9,11H,10H2,1-2H3,(H2-,22,23,24,26,27,28). The summed E-state index contributed by atoms with van der Waals surface area (Å²) in [5.74, 6) is -0.837. The Labute approximate surface area is 176 Å². The lowest BCUT2D eigenvalue weighted by molar-refractivity contribution is -0.660. The minimum atomic E-state index is -0.582. The van der Waals surface area contributed by atoms with Crippen LogP contribution in [0.4, 0.5) is 5.13 Å². The number of phenolic OH excluding ortho intramolecular Hbond substituents is 1. The topological polar surface area (TPSA) is 115 Å². The molecule has 0 radical (unpaired) electrons. The van der Waals surface area contributed by atoms with Gasteiger partial charge in [-0.25, -0.2) is 4.98 Å². The number of ketones is 1. The van der Waals surface area contributed by atoms with Crippen LogP contribution in [-0.2, 0) is 6.54 Å². The van der Waals surface area contributed by atoms with Crippen molar-refractivity contribution in [2.45, 2.75) is 20.4 Å². The molecule has 0 unspecified atom stereocenters. The summed E-state index contributed by atoms with van der Waals surface area (Å²) in [6.45, 7) is 3.59. The maximum Gasteiger partial charge on any atom is 0.290 e. The van der Waals surface area contributed by atoms with E-state index in [0.717, 1.165) is 11.3 Å². The van der Waals surface area contributed by atoms with Gasteiger partial charge in [0.1, 0.15) is 5.75 Å². The van der Waals surface area contributed by atoms with Crippen molar-refractivity contribution in [1.82, 2.24) is 10.3 Å². The Balaban J connectivity index is 1.59. The van der Waals surface area contributed by atoms with E-state index in [1.165, 1.54) is 22.9 Å². The SMILES string of the molecule is CC(=O)c1cccc(CNc2nc(-c3c([O-])on[n+]3-c3ccccc3C)cs2)c1O. The molecular formula is C21H18N4O4S. The van der Waals surface area contributed by atoms with Gasteiger partial charge in [0.15, 0.2) is 22.6 Å². The minimum Gasteiger partial charge on any atom is -0.539 e. The normalized spacial score (nSPS) is 10.9. The zero-order valence-corrected chi connectivity index (χ0v) is 17.1. The van der Waals surface area contributed by atoms with Crippen LogP contribution >= 0.6 is 11.3 Å². The van der Waals surface area contributed by atoms with Gasteiger partial charge in [-0.3, -0.25) is 4.79 Å². The van der Waals surface area contributed by atoms with Gasteiger partial charge in [0.2, 0.25) is 5.69 Å². The summed E-state index contributed by atoms with van der Waals surface area (Å²) in [4.78, 5) is 16.1. The number of aryl methyl sites for hydroxylation is 1. The first-order valence-corrected chi connectivity index (χ1v) is 10.00. The first-order valence-electron chi connectivity index (χ1n) is 9.12. The van der Waals surface area contributed by atoms with Crippen LogP contribution in [0.5, 0.6) is 11.7 Å². The number of aromatic nitrogens is 3. The van der Waals surface area contributed by atoms with Crippen molar-refractivity contribution >= 4 is 22.3 Å². The number of hydrogen-bond acceptors (Lipinski definition) is 8. The number of anilines is 1. The van der Waals surface area contributed by atoms with E-state index < -0.39 is 5.95 Å². The highest BCUT2D eigenvalue weighted by molar-refractivity contribution is 7.14. The van der Waals surface area contributed by atoms with Crippen LogP contribution in [0.2, 0.25) is 0 Å². The number of hydrogen-bond donors (Lipinski definition) is 2. The maximum absolute atomic E-state index is 12.3. The van der Waals surface area contributed by atoms with Crippen LogP contribution < -0.4 is 15.1 Å². The van der Waals surface area contributed by atoms with E-state index in [4.69, 9.17) is 4.52 Å². The molecule has 0 fully saturated rings. The van der Waals surface area contributed by atoms with Crippen LogP contribution in [0.15, 0.2) is 52.4 Å². The molecule has 0 saturated carbocycles. The lowest BCUT2D eigenvalue weighted by Crippen LogP contribution is -2.35. The van der Waals surface area contributed by atoms with Gasteiger partial charge in [-0.1, -0.05) is 30.3 Å². The Bertz CT molecular complexity index is 1230. The molecule has 0 saturated heterocycles. The molecule has 30 heavy (non-hydrogen) atoms. The molecule has 4 rings (SSSR count). The zero-order valence-electron chi connectivity index (χ0n) is 16.2. The number of carbonyl (C=O) groups excluding carboxylic acids is 1. The summed E-state index contributed by atoms with van der Waals surface area (Å²) >= 11 is 1.31. The lowest BCUT2D eigenvalue weighted by Gasteiger charge is -2.08. The highest BCUT2D eigenvalue weighted by Crippen LogP contribution is 2.29. The van der Waals surface area contributed by atoms with Crippen molar-refractivity contribution in [2.24, 2.45) is 0 Å². The third-order valence-corrected chi connectivity index (χ3v) is 5.43. The number of nitrogens with one attached hydrogen (secondary N) is 1. The molecule has 0 bridgehead atoms. The van der Waals surface area contributed by atoms with E-state index in [9.17, 15) is 15.0 Å². The smallest absolute Gasteiger partial charge is 0.290 e. The van der Waals surface area contributed by atoms with E-state index in [1.54, 1.807) is 23.6 Å². The van der Waals surface area contributed by atoms with Crippen molar-refractivity contribution in [3.05, 3.63) is 64.5 Å². The Hall–Kier alpha value is -3.72. The van der Waals surface area contributed by atoms with Crippen LogP contribution in [0, 0.1) is 6.92 Å². The van der Waals surface area contributed by atoms with E-state index in [1.807, 2.05) is 31.2 Å². The van der Waals surface area contributed by atoms with Gasteiger partial charge in [-0.2, -0.15) is 0 Å². The summed E-state index contributed by atoms with van der Waals surface area (Å²) in [6, 6.07) is 12.5. The number of carbonyl (C=O) groups is 1. The van der Waals surface area contributed by atoms with E-state index in [-0.39, 0.29) is 29.3 Å². The molecular weight excluding hydrogens is 404 g/mol. The first-order chi connectivity index (χ1) is 14.5. The second kappa shape index (κ2) is 7.96. The van der Waals surface area contributed by atoms with Crippen molar-refractivity contribution < 1.29 is 24.2 Å². The van der Waals surface area contributed by atoms with Crippen molar-refractivity contribution in [3.63, 3.8) is 0 Å². The zero-order chi connectivity index (χ0) is 21.3. The second-order valence-corrected chi connectivity index (χ2v) is 7.53. The maximum atomic E-state index is 12.3. The number of nitrogens with zero attached hydrogens (tertiary/aromatic N) is 3. The third-order valence-electron chi connectivity index (χ3n) is 4.63. The predicted molar refractivity (Wildman–Crippen MR) is 109 cm³/mol. The van der Waals surface area contributed by atoms with Gasteiger partial charge >= 0.3 is 0 Å². The van der Waals surface area contributed by atoms with Gasteiger partial charge in [0.25, 0.3) is 5.69 Å². The molecule has 0 amide bonds. The largest absolute Gasteiger partial charge is 0.539 e. The molecule has 0 spiro atoms. The Kier molecular flexibility index (Phi) is 5.20. The van der Waals surface area contributed by atoms with Crippen LogP contribution in [0.1, 0.15) is 28.4 Å². The Morgan fingerprint density at radius 3 is 2.83 bits per heavy atom. The molecule has 8 nitrogen and oxygen atoms in total.